The van der Waals surface area contributed by atoms with Gasteiger partial charge in [0.1, 0.15) is 12.4 Å². The molecule has 1 saturated heterocycles. The summed E-state index contributed by atoms with van der Waals surface area (Å²) in [7, 11) is 0. The lowest BCUT2D eigenvalue weighted by atomic mass is 9.98. The molecular formula is C29H40N2O4. The van der Waals surface area contributed by atoms with E-state index in [0.717, 1.165) is 63.4 Å². The molecule has 1 fully saturated rings. The zero-order chi connectivity index (χ0) is 24.5. The highest BCUT2D eigenvalue weighted by Gasteiger charge is 2.17. The average Bonchev–Trinajstić information content (AvgIpc) is 2.85. The van der Waals surface area contributed by atoms with E-state index in [1.54, 1.807) is 0 Å². The number of rotatable bonds is 5. The van der Waals surface area contributed by atoms with Crippen LogP contribution in [0, 0.1) is 11.8 Å². The zero-order valence-electron chi connectivity index (χ0n) is 21.3. The zero-order valence-corrected chi connectivity index (χ0v) is 21.3. The van der Waals surface area contributed by atoms with Crippen LogP contribution in [0.25, 0.3) is 0 Å². The van der Waals surface area contributed by atoms with Gasteiger partial charge in [0, 0.05) is 51.4 Å². The van der Waals surface area contributed by atoms with E-state index < -0.39 is 0 Å². The van der Waals surface area contributed by atoms with Crippen LogP contribution in [0.1, 0.15) is 53.7 Å². The number of fused-ring (bicyclic) bond motifs is 3. The van der Waals surface area contributed by atoms with Crippen LogP contribution in [0.2, 0.25) is 0 Å². The number of benzene rings is 2. The Bertz CT molecular complexity index is 955. The lowest BCUT2D eigenvalue weighted by Crippen LogP contribution is -2.32. The summed E-state index contributed by atoms with van der Waals surface area (Å²) in [5, 5.41) is 3.12. The van der Waals surface area contributed by atoms with Gasteiger partial charge in [0.25, 0.3) is 5.91 Å². The molecule has 0 spiro atoms. The lowest BCUT2D eigenvalue weighted by molar-refractivity contribution is 0.0642. The fourth-order valence-electron chi connectivity index (χ4n) is 4.86. The van der Waals surface area contributed by atoms with Gasteiger partial charge in [-0.25, -0.2) is 0 Å². The standard InChI is InChI=1S/C29H40N2O4/c1-22(2)20-31-10-13-34-14-15-35-28-7-6-26(29(32)30-19-23-8-11-33-12-9-23)18-27(28)17-24-4-3-5-25(16-24)21-31/h3-7,16,18,22-23H,8-15,17,19-21H2,1-2H3,(H,30,32). The Balaban J connectivity index is 1.51. The largest absolute Gasteiger partial charge is 0.491 e. The summed E-state index contributed by atoms with van der Waals surface area (Å²) < 4.78 is 17.4. The van der Waals surface area contributed by atoms with Crippen molar-refractivity contribution < 1.29 is 19.0 Å². The van der Waals surface area contributed by atoms with E-state index in [1.807, 2.05) is 18.2 Å². The van der Waals surface area contributed by atoms with E-state index in [1.165, 1.54) is 11.1 Å². The Kier molecular flexibility index (Phi) is 9.57. The molecule has 6 nitrogen and oxygen atoms in total. The second-order valence-corrected chi connectivity index (χ2v) is 10.2. The second-order valence-electron chi connectivity index (χ2n) is 10.2. The molecule has 2 aromatic carbocycles. The smallest absolute Gasteiger partial charge is 0.251 e. The molecule has 2 heterocycles. The molecule has 6 heteroatoms. The first-order valence-electron chi connectivity index (χ1n) is 13.1. The van der Waals surface area contributed by atoms with Gasteiger partial charge < -0.3 is 19.5 Å². The lowest BCUT2D eigenvalue weighted by Gasteiger charge is -2.25. The number of hydrogen-bond donors (Lipinski definition) is 1. The van der Waals surface area contributed by atoms with Gasteiger partial charge in [-0.05, 0) is 59.6 Å². The summed E-state index contributed by atoms with van der Waals surface area (Å²) in [6.07, 6.45) is 2.73. The average molecular weight is 481 g/mol. The quantitative estimate of drug-likeness (QED) is 0.692. The van der Waals surface area contributed by atoms with Gasteiger partial charge in [0.05, 0.1) is 13.2 Å². The van der Waals surface area contributed by atoms with E-state index >= 15 is 0 Å². The van der Waals surface area contributed by atoms with Gasteiger partial charge >= 0.3 is 0 Å². The van der Waals surface area contributed by atoms with Crippen LogP contribution in [0.4, 0.5) is 0 Å². The first-order valence-corrected chi connectivity index (χ1v) is 13.1. The highest BCUT2D eigenvalue weighted by atomic mass is 16.5. The number of hydrogen-bond acceptors (Lipinski definition) is 5. The predicted molar refractivity (Wildman–Crippen MR) is 138 cm³/mol. The van der Waals surface area contributed by atoms with E-state index in [2.05, 4.69) is 48.3 Å². The number of carbonyl (C=O) groups is 1. The van der Waals surface area contributed by atoms with Crippen LogP contribution in [0.3, 0.4) is 0 Å². The van der Waals surface area contributed by atoms with Crippen molar-refractivity contribution in [3.63, 3.8) is 0 Å². The molecule has 190 valence electrons. The van der Waals surface area contributed by atoms with Gasteiger partial charge in [-0.1, -0.05) is 38.1 Å². The van der Waals surface area contributed by atoms with Crippen LogP contribution in [0.5, 0.6) is 5.75 Å². The predicted octanol–water partition coefficient (Wildman–Crippen LogP) is 4.30. The number of amides is 1. The normalized spacial score (nSPS) is 18.4. The van der Waals surface area contributed by atoms with Crippen LogP contribution in [0.15, 0.2) is 42.5 Å². The summed E-state index contributed by atoms with van der Waals surface area (Å²) in [4.78, 5) is 15.4. The molecule has 0 unspecified atom stereocenters. The van der Waals surface area contributed by atoms with Crippen molar-refractivity contribution >= 4 is 5.91 Å². The molecule has 0 atom stereocenters. The third-order valence-electron chi connectivity index (χ3n) is 6.67. The molecule has 2 aliphatic heterocycles. The molecule has 0 saturated carbocycles. The maximum atomic E-state index is 12.9. The molecular weight excluding hydrogens is 440 g/mol. The highest BCUT2D eigenvalue weighted by molar-refractivity contribution is 5.94. The summed E-state index contributed by atoms with van der Waals surface area (Å²) >= 11 is 0. The van der Waals surface area contributed by atoms with Crippen molar-refractivity contribution in [2.75, 3.05) is 52.7 Å². The van der Waals surface area contributed by atoms with Gasteiger partial charge in [-0.15, -0.1) is 0 Å². The summed E-state index contributed by atoms with van der Waals surface area (Å²) in [6, 6.07) is 14.5. The van der Waals surface area contributed by atoms with Crippen LogP contribution >= 0.6 is 0 Å². The maximum absolute atomic E-state index is 12.9. The SMILES string of the molecule is CC(C)CN1CCOCCOc2ccc(C(=O)NCC3CCOCC3)cc2Cc2cccc(c2)C1. The Morgan fingerprint density at radius 3 is 2.63 bits per heavy atom. The fraction of sp³-hybridized carbons (Fsp3) is 0.552. The van der Waals surface area contributed by atoms with Crippen molar-refractivity contribution in [1.29, 1.82) is 0 Å². The van der Waals surface area contributed by atoms with Gasteiger partial charge in [-0.3, -0.25) is 9.69 Å². The Morgan fingerprint density at radius 2 is 1.80 bits per heavy atom. The van der Waals surface area contributed by atoms with E-state index in [0.29, 0.717) is 43.8 Å². The number of nitrogens with one attached hydrogen (secondary N) is 1. The Hall–Kier alpha value is -2.41. The topological polar surface area (TPSA) is 60.0 Å². The minimum Gasteiger partial charge on any atom is -0.491 e. The van der Waals surface area contributed by atoms with Gasteiger partial charge in [0.2, 0.25) is 0 Å². The minimum atomic E-state index is -0.0277. The number of ether oxygens (including phenoxy) is 3. The monoisotopic (exact) mass is 480 g/mol. The third-order valence-corrected chi connectivity index (χ3v) is 6.67. The fourth-order valence-corrected chi connectivity index (χ4v) is 4.86. The Labute approximate surface area is 209 Å². The summed E-state index contributed by atoms with van der Waals surface area (Å²) in [6.45, 7) is 11.4. The molecule has 2 aliphatic rings. The molecule has 4 rings (SSSR count). The van der Waals surface area contributed by atoms with E-state index in [4.69, 9.17) is 14.2 Å². The van der Waals surface area contributed by atoms with E-state index in [-0.39, 0.29) is 5.91 Å². The molecule has 0 aromatic heterocycles. The molecule has 0 radical (unpaired) electrons. The van der Waals surface area contributed by atoms with Crippen molar-refractivity contribution in [3.05, 3.63) is 64.7 Å². The van der Waals surface area contributed by atoms with Crippen LogP contribution in [-0.2, 0) is 22.4 Å². The van der Waals surface area contributed by atoms with Gasteiger partial charge in [0.15, 0.2) is 0 Å². The van der Waals surface area contributed by atoms with Gasteiger partial charge in [-0.2, -0.15) is 0 Å². The van der Waals surface area contributed by atoms with Crippen molar-refractivity contribution in [2.24, 2.45) is 11.8 Å². The minimum absolute atomic E-state index is 0.0277. The first kappa shape index (κ1) is 25.7. The molecule has 1 N–H and O–H groups in total. The van der Waals surface area contributed by atoms with Crippen molar-refractivity contribution in [2.45, 2.75) is 39.7 Å². The summed E-state index contributed by atoms with van der Waals surface area (Å²) in [5.41, 5.74) is 4.23. The van der Waals surface area contributed by atoms with E-state index in [9.17, 15) is 4.79 Å². The van der Waals surface area contributed by atoms with Crippen molar-refractivity contribution in [3.8, 4) is 5.75 Å². The molecule has 2 bridgehead atoms. The molecule has 35 heavy (non-hydrogen) atoms. The number of carbonyl (C=O) groups excluding carboxylic acids is 1. The van der Waals surface area contributed by atoms with Crippen LogP contribution < -0.4 is 10.1 Å². The maximum Gasteiger partial charge on any atom is 0.251 e. The number of nitrogens with zero attached hydrogens (tertiary/aromatic N) is 1. The molecule has 1 amide bonds. The first-order chi connectivity index (χ1) is 17.1. The molecule has 0 aliphatic carbocycles. The Morgan fingerprint density at radius 1 is 1.00 bits per heavy atom. The summed E-state index contributed by atoms with van der Waals surface area (Å²) in [5.74, 6) is 1.88. The van der Waals surface area contributed by atoms with Crippen LogP contribution in [-0.4, -0.2) is 63.5 Å². The highest BCUT2D eigenvalue weighted by Crippen LogP contribution is 2.25. The molecule has 2 aromatic rings. The second kappa shape index (κ2) is 13.1. The third kappa shape index (κ3) is 8.06. The van der Waals surface area contributed by atoms with Crippen molar-refractivity contribution in [1.82, 2.24) is 10.2 Å².